The number of aromatic nitrogens is 2. The van der Waals surface area contributed by atoms with Gasteiger partial charge < -0.3 is 10.1 Å². The highest BCUT2D eigenvalue weighted by Gasteiger charge is 2.21. The number of hydrogen-bond donors (Lipinski definition) is 1. The summed E-state index contributed by atoms with van der Waals surface area (Å²) >= 11 is 1.62. The summed E-state index contributed by atoms with van der Waals surface area (Å²) in [7, 11) is 1.80. The number of aryl methyl sites for hydroxylation is 1. The third kappa shape index (κ3) is 2.89. The Labute approximate surface area is 94.1 Å². The van der Waals surface area contributed by atoms with Crippen LogP contribution in [0.15, 0.2) is 0 Å². The standard InChI is InChI=1S/C10H17N3OS/c1-7-12-13-10(15-7)11-8-3-5-9(14-2)6-4-8/h8-9H,3-6H2,1-2H3,(H,11,13). The topological polar surface area (TPSA) is 47.0 Å². The van der Waals surface area contributed by atoms with Gasteiger partial charge in [0, 0.05) is 13.2 Å². The molecule has 1 fully saturated rings. The monoisotopic (exact) mass is 227 g/mol. The number of rotatable bonds is 3. The molecule has 0 radical (unpaired) electrons. The van der Waals surface area contributed by atoms with Crippen molar-refractivity contribution in [3.05, 3.63) is 5.01 Å². The van der Waals surface area contributed by atoms with E-state index in [4.69, 9.17) is 4.74 Å². The molecule has 0 aromatic carbocycles. The normalized spacial score (nSPS) is 26.5. The first-order valence-corrected chi connectivity index (χ1v) is 6.19. The summed E-state index contributed by atoms with van der Waals surface area (Å²) in [6, 6.07) is 0.545. The molecule has 1 aliphatic rings. The Balaban J connectivity index is 1.82. The summed E-state index contributed by atoms with van der Waals surface area (Å²) in [5, 5.41) is 13.5. The van der Waals surface area contributed by atoms with Gasteiger partial charge in [-0.25, -0.2) is 0 Å². The molecular formula is C10H17N3OS. The van der Waals surface area contributed by atoms with E-state index in [-0.39, 0.29) is 0 Å². The molecule has 1 heterocycles. The quantitative estimate of drug-likeness (QED) is 0.860. The van der Waals surface area contributed by atoms with Crippen LogP contribution in [0.5, 0.6) is 0 Å². The van der Waals surface area contributed by atoms with Crippen molar-refractivity contribution in [2.45, 2.75) is 44.8 Å². The minimum Gasteiger partial charge on any atom is -0.381 e. The van der Waals surface area contributed by atoms with Gasteiger partial charge in [-0.05, 0) is 32.6 Å². The first-order valence-electron chi connectivity index (χ1n) is 5.37. The second-order valence-corrected chi connectivity index (χ2v) is 5.16. The van der Waals surface area contributed by atoms with Crippen LogP contribution in [0.4, 0.5) is 5.13 Å². The van der Waals surface area contributed by atoms with Crippen LogP contribution in [0.3, 0.4) is 0 Å². The third-order valence-electron chi connectivity index (χ3n) is 2.86. The third-order valence-corrected chi connectivity index (χ3v) is 3.63. The number of nitrogens with one attached hydrogen (secondary N) is 1. The van der Waals surface area contributed by atoms with Crippen molar-refractivity contribution in [3.8, 4) is 0 Å². The number of ether oxygens (including phenoxy) is 1. The van der Waals surface area contributed by atoms with Gasteiger partial charge in [0.05, 0.1) is 6.10 Å². The first kappa shape index (κ1) is 10.8. The SMILES string of the molecule is COC1CCC(Nc2nnc(C)s2)CC1. The van der Waals surface area contributed by atoms with Crippen molar-refractivity contribution >= 4 is 16.5 Å². The Bertz CT molecular complexity index is 307. The van der Waals surface area contributed by atoms with E-state index >= 15 is 0 Å². The van der Waals surface area contributed by atoms with Crippen LogP contribution < -0.4 is 5.32 Å². The number of anilines is 1. The second-order valence-electron chi connectivity index (χ2n) is 3.98. The highest BCUT2D eigenvalue weighted by atomic mass is 32.1. The predicted octanol–water partition coefficient (Wildman–Crippen LogP) is 2.22. The summed E-state index contributed by atoms with van der Waals surface area (Å²) in [5.74, 6) is 0. The molecule has 1 saturated carbocycles. The van der Waals surface area contributed by atoms with E-state index in [1.807, 2.05) is 6.92 Å². The minimum absolute atomic E-state index is 0.458. The van der Waals surface area contributed by atoms with Crippen LogP contribution in [0, 0.1) is 6.92 Å². The second kappa shape index (κ2) is 4.90. The van der Waals surface area contributed by atoms with E-state index < -0.39 is 0 Å². The van der Waals surface area contributed by atoms with Crippen molar-refractivity contribution < 1.29 is 4.74 Å². The largest absolute Gasteiger partial charge is 0.381 e. The van der Waals surface area contributed by atoms with Crippen LogP contribution in [0.1, 0.15) is 30.7 Å². The Hall–Kier alpha value is -0.680. The number of hydrogen-bond acceptors (Lipinski definition) is 5. The smallest absolute Gasteiger partial charge is 0.205 e. The molecule has 2 rings (SSSR count). The highest BCUT2D eigenvalue weighted by Crippen LogP contribution is 2.24. The predicted molar refractivity (Wildman–Crippen MR) is 61.3 cm³/mol. The van der Waals surface area contributed by atoms with E-state index in [0.717, 1.165) is 35.8 Å². The summed E-state index contributed by atoms with van der Waals surface area (Å²) in [6.45, 7) is 1.98. The van der Waals surface area contributed by atoms with Gasteiger partial charge in [0.15, 0.2) is 0 Å². The Kier molecular flexibility index (Phi) is 3.53. The lowest BCUT2D eigenvalue weighted by atomic mass is 9.93. The highest BCUT2D eigenvalue weighted by molar-refractivity contribution is 7.15. The van der Waals surface area contributed by atoms with Crippen LogP contribution in [0.2, 0.25) is 0 Å². The lowest BCUT2D eigenvalue weighted by Crippen LogP contribution is -2.29. The fourth-order valence-electron chi connectivity index (χ4n) is 1.97. The lowest BCUT2D eigenvalue weighted by molar-refractivity contribution is 0.0682. The Morgan fingerprint density at radius 1 is 1.27 bits per heavy atom. The Morgan fingerprint density at radius 3 is 2.53 bits per heavy atom. The zero-order valence-corrected chi connectivity index (χ0v) is 10.0. The Morgan fingerprint density at radius 2 is 2.00 bits per heavy atom. The number of nitrogens with zero attached hydrogens (tertiary/aromatic N) is 2. The molecule has 0 unspecified atom stereocenters. The van der Waals surface area contributed by atoms with Gasteiger partial charge in [-0.2, -0.15) is 0 Å². The molecule has 0 aliphatic heterocycles. The van der Waals surface area contributed by atoms with Crippen LogP contribution in [-0.2, 0) is 4.74 Å². The molecule has 15 heavy (non-hydrogen) atoms. The van der Waals surface area contributed by atoms with E-state index in [1.54, 1.807) is 18.4 Å². The molecular weight excluding hydrogens is 210 g/mol. The zero-order valence-electron chi connectivity index (χ0n) is 9.19. The fraction of sp³-hybridized carbons (Fsp3) is 0.800. The molecule has 4 nitrogen and oxygen atoms in total. The van der Waals surface area contributed by atoms with Crippen molar-refractivity contribution in [1.29, 1.82) is 0 Å². The maximum absolute atomic E-state index is 5.34. The van der Waals surface area contributed by atoms with Crippen LogP contribution in [-0.4, -0.2) is 29.5 Å². The van der Waals surface area contributed by atoms with Crippen LogP contribution in [0.25, 0.3) is 0 Å². The molecule has 0 bridgehead atoms. The van der Waals surface area contributed by atoms with Gasteiger partial charge in [0.2, 0.25) is 5.13 Å². The average Bonchev–Trinajstić information content (AvgIpc) is 2.65. The van der Waals surface area contributed by atoms with Crippen molar-refractivity contribution in [2.24, 2.45) is 0 Å². The minimum atomic E-state index is 0.458. The van der Waals surface area contributed by atoms with Crippen molar-refractivity contribution in [3.63, 3.8) is 0 Å². The first-order chi connectivity index (χ1) is 7.28. The average molecular weight is 227 g/mol. The zero-order chi connectivity index (χ0) is 10.7. The fourth-order valence-corrected chi connectivity index (χ4v) is 2.64. The number of methoxy groups -OCH3 is 1. The maximum Gasteiger partial charge on any atom is 0.205 e. The molecule has 0 saturated heterocycles. The summed E-state index contributed by atoms with van der Waals surface area (Å²) < 4.78 is 5.34. The maximum atomic E-state index is 5.34. The molecule has 1 aromatic heterocycles. The molecule has 1 aliphatic carbocycles. The van der Waals surface area contributed by atoms with Gasteiger partial charge in [-0.15, -0.1) is 10.2 Å². The van der Waals surface area contributed by atoms with Gasteiger partial charge in [0.1, 0.15) is 5.01 Å². The molecule has 1 aromatic rings. The van der Waals surface area contributed by atoms with Gasteiger partial charge >= 0.3 is 0 Å². The van der Waals surface area contributed by atoms with Crippen LogP contribution >= 0.6 is 11.3 Å². The van der Waals surface area contributed by atoms with E-state index in [1.165, 1.54) is 0 Å². The van der Waals surface area contributed by atoms with E-state index in [2.05, 4.69) is 15.5 Å². The molecule has 0 atom stereocenters. The van der Waals surface area contributed by atoms with Gasteiger partial charge in [0.25, 0.3) is 0 Å². The molecule has 0 spiro atoms. The van der Waals surface area contributed by atoms with E-state index in [0.29, 0.717) is 12.1 Å². The summed E-state index contributed by atoms with van der Waals surface area (Å²) in [6.07, 6.45) is 5.07. The summed E-state index contributed by atoms with van der Waals surface area (Å²) in [5.41, 5.74) is 0. The summed E-state index contributed by atoms with van der Waals surface area (Å²) in [4.78, 5) is 0. The molecule has 5 heteroatoms. The molecule has 84 valence electrons. The molecule has 1 N–H and O–H groups in total. The van der Waals surface area contributed by atoms with Crippen molar-refractivity contribution in [2.75, 3.05) is 12.4 Å². The molecule has 0 amide bonds. The van der Waals surface area contributed by atoms with Gasteiger partial charge in [-0.1, -0.05) is 11.3 Å². The lowest BCUT2D eigenvalue weighted by Gasteiger charge is -2.27. The van der Waals surface area contributed by atoms with Gasteiger partial charge in [-0.3, -0.25) is 0 Å². The van der Waals surface area contributed by atoms with E-state index in [9.17, 15) is 0 Å². The van der Waals surface area contributed by atoms with Crippen molar-refractivity contribution in [1.82, 2.24) is 10.2 Å².